The Hall–Kier alpha value is -1.41. The molecule has 2 saturated heterocycles. The van der Waals surface area contributed by atoms with Crippen LogP contribution in [-0.4, -0.2) is 76.0 Å². The molecule has 0 aromatic heterocycles. The summed E-state index contributed by atoms with van der Waals surface area (Å²) in [4.78, 5) is 11.6. The van der Waals surface area contributed by atoms with Crippen LogP contribution in [0.5, 0.6) is 0 Å². The Labute approximate surface area is 284 Å². The quantitative estimate of drug-likeness (QED) is 0.118. The van der Waals surface area contributed by atoms with E-state index in [1.54, 1.807) is 0 Å². The third-order valence-electron chi connectivity index (χ3n) is 10.6. The van der Waals surface area contributed by atoms with Gasteiger partial charge in [-0.2, -0.15) is 9.12 Å². The Morgan fingerprint density at radius 1 is 0.809 bits per heavy atom. The van der Waals surface area contributed by atoms with Gasteiger partial charge in [-0.1, -0.05) is 60.7 Å². The van der Waals surface area contributed by atoms with E-state index in [1.165, 1.54) is 11.1 Å². The van der Waals surface area contributed by atoms with Gasteiger partial charge in [0.2, 0.25) is 6.72 Å². The van der Waals surface area contributed by atoms with Crippen LogP contribution in [0.15, 0.2) is 60.7 Å². The predicted octanol–water partition coefficient (Wildman–Crippen LogP) is 4.96. The van der Waals surface area contributed by atoms with E-state index in [2.05, 4.69) is 33.4 Å². The van der Waals surface area contributed by atoms with Crippen molar-refractivity contribution in [1.82, 2.24) is 0 Å². The maximum Gasteiger partial charge on any atom is 0.306 e. The highest BCUT2D eigenvalue weighted by molar-refractivity contribution is 7.92. The molecular weight excluding hydrogens is 633 g/mol. The van der Waals surface area contributed by atoms with Crippen LogP contribution in [0.3, 0.4) is 0 Å². The SMILES string of the molecule is O=C1C[C@@H]2[C@@H](CC[C@@H](O)CCc3ccccc3)[C@H](OP[B]P)C[C@@H]2O1.OC1C[C@@H]2[C@@H](CC[C@@H](O)CCc3ccccc3)[C@H](O)C[C@@H]2O1. The van der Waals surface area contributed by atoms with Crippen LogP contribution in [0, 0.1) is 23.7 Å². The molecule has 2 aromatic rings. The van der Waals surface area contributed by atoms with Gasteiger partial charge in [-0.15, -0.1) is 0 Å². The summed E-state index contributed by atoms with van der Waals surface area (Å²) in [6, 6.07) is 20.4. The second-order valence-electron chi connectivity index (χ2n) is 13.7. The highest BCUT2D eigenvalue weighted by atomic mass is 31.1. The zero-order chi connectivity index (χ0) is 33.2. The number of aliphatic hydroxyl groups is 4. The number of ether oxygens (including phenoxy) is 2. The second-order valence-corrected chi connectivity index (χ2v) is 15.5. The molecule has 4 aliphatic rings. The molecule has 0 spiro atoms. The molecule has 0 bridgehead atoms. The van der Waals surface area contributed by atoms with E-state index in [1.807, 2.05) is 43.1 Å². The lowest BCUT2D eigenvalue weighted by atomic mass is 9.86. The van der Waals surface area contributed by atoms with E-state index < -0.39 is 6.29 Å². The molecule has 4 fully saturated rings. The molecule has 8 nitrogen and oxygen atoms in total. The maximum atomic E-state index is 11.6. The topological polar surface area (TPSA) is 126 Å². The van der Waals surface area contributed by atoms with Crippen molar-refractivity contribution in [2.75, 3.05) is 0 Å². The number of esters is 1. The number of aryl methyl sites for hydroxylation is 2. The molecule has 13 atom stereocenters. The van der Waals surface area contributed by atoms with Gasteiger partial charge in [0.25, 0.3) is 0 Å². The number of hydrogen-bond donors (Lipinski definition) is 4. The number of benzene rings is 2. The number of carbonyl (C=O) groups is 1. The third-order valence-corrected chi connectivity index (χ3v) is 11.6. The monoisotopic (exact) mass is 685 g/mol. The molecule has 4 N–H and O–H groups in total. The van der Waals surface area contributed by atoms with E-state index in [0.29, 0.717) is 40.3 Å². The normalized spacial score (nSPS) is 32.4. The first kappa shape index (κ1) is 36.9. The number of fused-ring (bicyclic) bond motifs is 2. The molecule has 1 radical (unpaired) electrons. The van der Waals surface area contributed by atoms with Crippen molar-refractivity contribution in [3.63, 3.8) is 0 Å². The maximum absolute atomic E-state index is 11.6. The lowest BCUT2D eigenvalue weighted by molar-refractivity contribution is -0.141. The highest BCUT2D eigenvalue weighted by Gasteiger charge is 2.50. The fourth-order valence-electron chi connectivity index (χ4n) is 8.16. The van der Waals surface area contributed by atoms with Gasteiger partial charge in [0, 0.05) is 25.2 Å². The molecule has 47 heavy (non-hydrogen) atoms. The van der Waals surface area contributed by atoms with Crippen LogP contribution in [-0.2, 0) is 31.6 Å². The lowest BCUT2D eigenvalue weighted by Crippen LogP contribution is -2.23. The van der Waals surface area contributed by atoms with Gasteiger partial charge >= 0.3 is 5.97 Å². The van der Waals surface area contributed by atoms with Gasteiger partial charge in [-0.05, 0) is 88.9 Å². The standard InChI is InChI=1S/C18H26BO4P2.C18H26O4/c20-13(7-6-12-4-2-1-3-5-12)8-9-14-15-10-18(21)22-16(15)11-17(14)23-25-19-24;19-13(7-6-12-4-2-1-3-5-12)8-9-14-15-10-18(21)22-17(15)11-16(14)20/h1-5,13-17,20,25H,6-11,24H2;1-5,13-21H,6-11H2/t13-,14+,15+,16-,17+;13-,14+,15+,16+,17-,18?/m00/s1. The second kappa shape index (κ2) is 18.5. The summed E-state index contributed by atoms with van der Waals surface area (Å²) in [6.07, 6.45) is 7.44. The van der Waals surface area contributed by atoms with E-state index in [0.717, 1.165) is 51.4 Å². The van der Waals surface area contributed by atoms with Gasteiger partial charge in [0.05, 0.1) is 36.9 Å². The average Bonchev–Trinajstić information content (AvgIpc) is 3.79. The summed E-state index contributed by atoms with van der Waals surface area (Å²) in [5, 5.41) is 40.3. The highest BCUT2D eigenvalue weighted by Crippen LogP contribution is 2.47. The first-order valence-electron chi connectivity index (χ1n) is 17.4. The molecule has 2 aliphatic heterocycles. The van der Waals surface area contributed by atoms with E-state index >= 15 is 0 Å². The van der Waals surface area contributed by atoms with Gasteiger partial charge < -0.3 is 34.4 Å². The summed E-state index contributed by atoms with van der Waals surface area (Å²) < 4.78 is 16.9. The third kappa shape index (κ3) is 10.8. The number of rotatable bonds is 15. The first-order chi connectivity index (χ1) is 22.8. The zero-order valence-corrected chi connectivity index (χ0v) is 29.3. The van der Waals surface area contributed by atoms with Crippen molar-refractivity contribution in [3.8, 4) is 0 Å². The van der Waals surface area contributed by atoms with Gasteiger partial charge in [0.1, 0.15) is 6.10 Å². The number of hydrogen-bond acceptors (Lipinski definition) is 8. The Balaban J connectivity index is 0.000000186. The number of carbonyl (C=O) groups excluding carboxylic acids is 1. The Bertz CT molecular complexity index is 1210. The zero-order valence-electron chi connectivity index (χ0n) is 27.2. The average molecular weight is 686 g/mol. The van der Waals surface area contributed by atoms with Crippen LogP contribution in [0.2, 0.25) is 0 Å². The first-order valence-corrected chi connectivity index (χ1v) is 19.1. The molecule has 2 heterocycles. The van der Waals surface area contributed by atoms with Crippen molar-refractivity contribution < 1.29 is 39.2 Å². The molecule has 257 valence electrons. The van der Waals surface area contributed by atoms with E-state index in [4.69, 9.17) is 14.0 Å². The molecule has 11 heteroatoms. The molecule has 2 aliphatic carbocycles. The Kier molecular flexibility index (Phi) is 14.5. The summed E-state index contributed by atoms with van der Waals surface area (Å²) in [6.45, 7) is 1.95. The van der Waals surface area contributed by atoms with Crippen molar-refractivity contribution in [2.45, 2.75) is 120 Å². The lowest BCUT2D eigenvalue weighted by Gasteiger charge is -2.24. The predicted molar refractivity (Wildman–Crippen MR) is 188 cm³/mol. The number of aliphatic hydroxyl groups excluding tert-OH is 4. The largest absolute Gasteiger partial charge is 0.462 e. The molecule has 2 aromatic carbocycles. The minimum absolute atomic E-state index is 0.00328. The molecule has 0 amide bonds. The van der Waals surface area contributed by atoms with Gasteiger partial charge in [-0.3, -0.25) is 4.79 Å². The van der Waals surface area contributed by atoms with Crippen LogP contribution < -0.4 is 0 Å². The van der Waals surface area contributed by atoms with E-state index in [-0.39, 0.29) is 60.3 Å². The van der Waals surface area contributed by atoms with Crippen LogP contribution >= 0.6 is 17.8 Å². The van der Waals surface area contributed by atoms with E-state index in [9.17, 15) is 25.2 Å². The molecular formula is C36H52BO8P2. The van der Waals surface area contributed by atoms with Crippen LogP contribution in [0.1, 0.15) is 75.3 Å². The molecule has 3 unspecified atom stereocenters. The van der Waals surface area contributed by atoms with Crippen molar-refractivity contribution in [3.05, 3.63) is 71.8 Å². The van der Waals surface area contributed by atoms with Crippen LogP contribution in [0.4, 0.5) is 0 Å². The molecule has 6 rings (SSSR count). The fourth-order valence-corrected chi connectivity index (χ4v) is 8.92. The minimum atomic E-state index is -0.673. The summed E-state index contributed by atoms with van der Waals surface area (Å²) in [5.74, 6) is 0.872. The van der Waals surface area contributed by atoms with Crippen LogP contribution in [0.25, 0.3) is 0 Å². The molecule has 2 saturated carbocycles. The summed E-state index contributed by atoms with van der Waals surface area (Å²) in [5.41, 5.74) is 2.51. The van der Waals surface area contributed by atoms with Crippen molar-refractivity contribution in [2.24, 2.45) is 23.7 Å². The minimum Gasteiger partial charge on any atom is -0.462 e. The smallest absolute Gasteiger partial charge is 0.306 e. The fraction of sp³-hybridized carbons (Fsp3) is 0.639. The van der Waals surface area contributed by atoms with Crippen molar-refractivity contribution >= 4 is 30.5 Å². The Morgan fingerprint density at radius 3 is 2.00 bits per heavy atom. The van der Waals surface area contributed by atoms with Gasteiger partial charge in [-0.25, -0.2) is 0 Å². The summed E-state index contributed by atoms with van der Waals surface area (Å²) in [7, 11) is 2.92. The van der Waals surface area contributed by atoms with Crippen molar-refractivity contribution in [1.29, 1.82) is 0 Å². The van der Waals surface area contributed by atoms with Gasteiger partial charge in [0.15, 0.2) is 6.29 Å². The Morgan fingerprint density at radius 2 is 1.40 bits per heavy atom. The summed E-state index contributed by atoms with van der Waals surface area (Å²) >= 11 is 0.